The average Bonchev–Trinajstić information content (AvgIpc) is 2.86. The molecule has 6 nitrogen and oxygen atoms in total. The molecule has 1 aliphatic heterocycles. The molecular weight excluding hydrogens is 254 g/mol. The maximum Gasteiger partial charge on any atom is 0.241 e. The number of rotatable bonds is 5. The van der Waals surface area contributed by atoms with Gasteiger partial charge in [0, 0.05) is 19.3 Å². The number of carbonyl (C=O) groups is 1. The Kier molecular flexibility index (Phi) is 5.00. The van der Waals surface area contributed by atoms with E-state index in [1.807, 2.05) is 6.20 Å². The van der Waals surface area contributed by atoms with Gasteiger partial charge in [0.1, 0.15) is 6.54 Å². The third kappa shape index (κ3) is 3.96. The molecule has 0 radical (unpaired) electrons. The Balaban J connectivity index is 1.85. The standard InChI is InChI=1S/C14H25N5O/c1-11(12-4-6-18(3)7-5-12)17-13-8-16-19(9-13)10-14(20)15-2/h8-9,11-12,17H,4-7,10H2,1-3H3,(H,15,20). The molecule has 2 rings (SSSR count). The lowest BCUT2D eigenvalue weighted by Gasteiger charge is -2.33. The lowest BCUT2D eigenvalue weighted by Crippen LogP contribution is -2.37. The van der Waals surface area contributed by atoms with Gasteiger partial charge in [-0.25, -0.2) is 0 Å². The van der Waals surface area contributed by atoms with Gasteiger partial charge in [0.05, 0.1) is 11.9 Å². The maximum atomic E-state index is 11.3. The van der Waals surface area contributed by atoms with Crippen molar-refractivity contribution in [2.75, 3.05) is 32.5 Å². The zero-order chi connectivity index (χ0) is 14.5. The molecule has 1 aromatic heterocycles. The number of anilines is 1. The summed E-state index contributed by atoms with van der Waals surface area (Å²) in [5, 5.41) is 10.3. The van der Waals surface area contributed by atoms with Crippen LogP contribution < -0.4 is 10.6 Å². The van der Waals surface area contributed by atoms with Crippen molar-refractivity contribution in [2.45, 2.75) is 32.4 Å². The number of carbonyl (C=O) groups excluding carboxylic acids is 1. The monoisotopic (exact) mass is 279 g/mol. The van der Waals surface area contributed by atoms with Gasteiger partial charge in [0.15, 0.2) is 0 Å². The fourth-order valence-electron chi connectivity index (χ4n) is 2.66. The Labute approximate surface area is 120 Å². The van der Waals surface area contributed by atoms with Crippen LogP contribution in [0.4, 0.5) is 5.69 Å². The summed E-state index contributed by atoms with van der Waals surface area (Å²) in [4.78, 5) is 13.7. The molecule has 6 heteroatoms. The molecule has 0 spiro atoms. The molecule has 112 valence electrons. The number of nitrogens with one attached hydrogen (secondary N) is 2. The van der Waals surface area contributed by atoms with Crippen LogP contribution in [0.25, 0.3) is 0 Å². The molecule has 1 aliphatic rings. The minimum Gasteiger partial charge on any atom is -0.380 e. The summed E-state index contributed by atoms with van der Waals surface area (Å²) in [5.41, 5.74) is 0.986. The van der Waals surface area contributed by atoms with E-state index in [0.717, 1.165) is 5.69 Å². The largest absolute Gasteiger partial charge is 0.380 e. The van der Waals surface area contributed by atoms with Crippen LogP contribution in [-0.4, -0.2) is 53.8 Å². The molecule has 1 unspecified atom stereocenters. The van der Waals surface area contributed by atoms with E-state index >= 15 is 0 Å². The zero-order valence-corrected chi connectivity index (χ0v) is 12.6. The van der Waals surface area contributed by atoms with Crippen molar-refractivity contribution in [3.8, 4) is 0 Å². The Hall–Kier alpha value is -1.56. The third-order valence-corrected chi connectivity index (χ3v) is 4.08. The molecule has 1 atom stereocenters. The lowest BCUT2D eigenvalue weighted by atomic mass is 9.90. The second-order valence-electron chi connectivity index (χ2n) is 5.67. The van der Waals surface area contributed by atoms with Crippen molar-refractivity contribution in [2.24, 2.45) is 5.92 Å². The average molecular weight is 279 g/mol. The van der Waals surface area contributed by atoms with E-state index in [-0.39, 0.29) is 12.5 Å². The van der Waals surface area contributed by atoms with Crippen molar-refractivity contribution in [1.29, 1.82) is 0 Å². The van der Waals surface area contributed by atoms with E-state index < -0.39 is 0 Å². The molecule has 1 aromatic rings. The molecule has 1 saturated heterocycles. The highest BCUT2D eigenvalue weighted by Gasteiger charge is 2.22. The summed E-state index contributed by atoms with van der Waals surface area (Å²) in [7, 11) is 3.81. The van der Waals surface area contributed by atoms with Crippen molar-refractivity contribution in [1.82, 2.24) is 20.0 Å². The first-order chi connectivity index (χ1) is 9.58. The van der Waals surface area contributed by atoms with Gasteiger partial charge in [-0.3, -0.25) is 9.48 Å². The van der Waals surface area contributed by atoms with Crippen LogP contribution >= 0.6 is 0 Å². The third-order valence-electron chi connectivity index (χ3n) is 4.08. The van der Waals surface area contributed by atoms with E-state index in [9.17, 15) is 4.79 Å². The Morgan fingerprint density at radius 1 is 1.50 bits per heavy atom. The van der Waals surface area contributed by atoms with Crippen molar-refractivity contribution in [3.05, 3.63) is 12.4 Å². The van der Waals surface area contributed by atoms with E-state index in [2.05, 4.69) is 34.6 Å². The van der Waals surface area contributed by atoms with Gasteiger partial charge in [-0.2, -0.15) is 5.10 Å². The Bertz CT molecular complexity index is 437. The Morgan fingerprint density at radius 3 is 2.85 bits per heavy atom. The van der Waals surface area contributed by atoms with Gasteiger partial charge >= 0.3 is 0 Å². The van der Waals surface area contributed by atoms with Gasteiger partial charge in [0.2, 0.25) is 5.91 Å². The summed E-state index contributed by atoms with van der Waals surface area (Å²) in [6, 6.07) is 0.432. The highest BCUT2D eigenvalue weighted by molar-refractivity contribution is 5.75. The molecule has 1 fully saturated rings. The normalized spacial score (nSPS) is 18.8. The molecule has 0 aromatic carbocycles. The predicted octanol–water partition coefficient (Wildman–Crippen LogP) is 0.771. The fourth-order valence-corrected chi connectivity index (χ4v) is 2.66. The highest BCUT2D eigenvalue weighted by Crippen LogP contribution is 2.22. The van der Waals surface area contributed by atoms with Gasteiger partial charge in [0.25, 0.3) is 0 Å². The van der Waals surface area contributed by atoms with Gasteiger partial charge in [-0.1, -0.05) is 0 Å². The van der Waals surface area contributed by atoms with E-state index in [0.29, 0.717) is 12.0 Å². The number of piperidine rings is 1. The number of aromatic nitrogens is 2. The first-order valence-electron chi connectivity index (χ1n) is 7.26. The van der Waals surface area contributed by atoms with Crippen molar-refractivity contribution >= 4 is 11.6 Å². The molecule has 0 bridgehead atoms. The Morgan fingerprint density at radius 2 is 2.20 bits per heavy atom. The molecular formula is C14H25N5O. The topological polar surface area (TPSA) is 62.2 Å². The molecule has 1 amide bonds. The molecule has 20 heavy (non-hydrogen) atoms. The minimum absolute atomic E-state index is 0.0389. The summed E-state index contributed by atoms with van der Waals surface area (Å²) in [6.45, 7) is 4.84. The van der Waals surface area contributed by atoms with Crippen LogP contribution in [0, 0.1) is 5.92 Å². The van der Waals surface area contributed by atoms with Crippen LogP contribution in [0.15, 0.2) is 12.4 Å². The van der Waals surface area contributed by atoms with Crippen LogP contribution in [-0.2, 0) is 11.3 Å². The van der Waals surface area contributed by atoms with Crippen LogP contribution in [0.2, 0.25) is 0 Å². The SMILES string of the molecule is CNC(=O)Cn1cc(NC(C)C2CCN(C)CC2)cn1. The summed E-state index contributed by atoms with van der Waals surface area (Å²) < 4.78 is 1.66. The second kappa shape index (κ2) is 6.74. The number of nitrogens with zero attached hydrogens (tertiary/aromatic N) is 3. The molecule has 2 N–H and O–H groups in total. The van der Waals surface area contributed by atoms with E-state index in [1.165, 1.54) is 25.9 Å². The summed E-state index contributed by atoms with van der Waals surface area (Å²) >= 11 is 0. The van der Waals surface area contributed by atoms with Gasteiger partial charge in [-0.15, -0.1) is 0 Å². The van der Waals surface area contributed by atoms with E-state index in [4.69, 9.17) is 0 Å². The molecule has 0 saturated carbocycles. The fraction of sp³-hybridized carbons (Fsp3) is 0.714. The molecule has 0 aliphatic carbocycles. The quantitative estimate of drug-likeness (QED) is 0.836. The number of hydrogen-bond donors (Lipinski definition) is 2. The van der Waals surface area contributed by atoms with Crippen molar-refractivity contribution < 1.29 is 4.79 Å². The number of amides is 1. The number of likely N-dealkylation sites (N-methyl/N-ethyl adjacent to an activating group) is 1. The van der Waals surface area contributed by atoms with Crippen LogP contribution in [0.1, 0.15) is 19.8 Å². The minimum atomic E-state index is -0.0389. The zero-order valence-electron chi connectivity index (χ0n) is 12.6. The maximum absolute atomic E-state index is 11.3. The van der Waals surface area contributed by atoms with Crippen LogP contribution in [0.5, 0.6) is 0 Å². The highest BCUT2D eigenvalue weighted by atomic mass is 16.1. The first-order valence-corrected chi connectivity index (χ1v) is 7.26. The predicted molar refractivity (Wildman–Crippen MR) is 79.6 cm³/mol. The van der Waals surface area contributed by atoms with Gasteiger partial charge < -0.3 is 15.5 Å². The molecule has 2 heterocycles. The lowest BCUT2D eigenvalue weighted by molar-refractivity contribution is -0.121. The smallest absolute Gasteiger partial charge is 0.241 e. The first kappa shape index (κ1) is 14.8. The summed E-state index contributed by atoms with van der Waals surface area (Å²) in [5.74, 6) is 0.663. The summed E-state index contributed by atoms with van der Waals surface area (Å²) in [6.07, 6.45) is 6.14. The second-order valence-corrected chi connectivity index (χ2v) is 5.67. The number of hydrogen-bond acceptors (Lipinski definition) is 4. The van der Waals surface area contributed by atoms with Crippen molar-refractivity contribution in [3.63, 3.8) is 0 Å². The number of likely N-dealkylation sites (tertiary alicyclic amines) is 1. The van der Waals surface area contributed by atoms with Crippen LogP contribution in [0.3, 0.4) is 0 Å². The van der Waals surface area contributed by atoms with Gasteiger partial charge in [-0.05, 0) is 45.8 Å². The van der Waals surface area contributed by atoms with E-state index in [1.54, 1.807) is 17.9 Å².